The van der Waals surface area contributed by atoms with E-state index in [1.165, 1.54) is 18.3 Å². The molecule has 12 heteroatoms. The summed E-state index contributed by atoms with van der Waals surface area (Å²) in [7, 11) is 0. The zero-order valence-corrected chi connectivity index (χ0v) is 19.8. The van der Waals surface area contributed by atoms with Gasteiger partial charge in [0.25, 0.3) is 11.2 Å². The number of nitro groups is 1. The fourth-order valence-electron chi connectivity index (χ4n) is 3.05. The lowest BCUT2D eigenvalue weighted by molar-refractivity contribution is -0.385. The van der Waals surface area contributed by atoms with Gasteiger partial charge in [0.15, 0.2) is 11.5 Å². The Balaban J connectivity index is 1.68. The molecule has 0 unspecified atom stereocenters. The third-order valence-corrected chi connectivity index (χ3v) is 5.38. The third kappa shape index (κ3) is 4.80. The molecule has 0 aliphatic carbocycles. The molecule has 1 N–H and O–H groups in total. The number of rotatable bonds is 7. The summed E-state index contributed by atoms with van der Waals surface area (Å²) in [6.07, 6.45) is 2.46. The minimum absolute atomic E-state index is 0.153. The predicted molar refractivity (Wildman–Crippen MR) is 133 cm³/mol. The number of hydrogen-bond acceptors (Lipinski definition) is 8. The maximum Gasteiger partial charge on any atom is 0.349 e. The van der Waals surface area contributed by atoms with Crippen molar-refractivity contribution in [1.82, 2.24) is 14.6 Å². The molecule has 0 bridgehead atoms. The fourth-order valence-corrected chi connectivity index (χ4v) is 3.79. The number of hydrogen-bond donors (Lipinski definition) is 1. The maximum absolute atomic E-state index is 12.7. The summed E-state index contributed by atoms with van der Waals surface area (Å²) < 4.78 is 12.9. The molecule has 34 heavy (non-hydrogen) atoms. The first kappa shape index (κ1) is 23.1. The van der Waals surface area contributed by atoms with E-state index in [-0.39, 0.29) is 11.6 Å². The molecule has 0 aliphatic rings. The number of aromatic nitrogens is 3. The van der Waals surface area contributed by atoms with Crippen molar-refractivity contribution < 1.29 is 14.4 Å². The molecule has 172 valence electrons. The summed E-state index contributed by atoms with van der Waals surface area (Å²) in [4.78, 5) is 41.8. The molecule has 0 saturated carbocycles. The van der Waals surface area contributed by atoms with Gasteiger partial charge in [0.2, 0.25) is 5.88 Å². The van der Waals surface area contributed by atoms with E-state index in [4.69, 9.17) is 9.47 Å². The van der Waals surface area contributed by atoms with E-state index in [2.05, 4.69) is 15.1 Å². The summed E-state index contributed by atoms with van der Waals surface area (Å²) in [5.74, 6) is 0.887. The van der Waals surface area contributed by atoms with Crippen molar-refractivity contribution in [3.05, 3.63) is 94.8 Å². The van der Waals surface area contributed by atoms with Gasteiger partial charge in [0, 0.05) is 12.1 Å². The molecule has 11 nitrogen and oxygen atoms in total. The Labute approximate surface area is 205 Å². The van der Waals surface area contributed by atoms with Gasteiger partial charge in [-0.2, -0.15) is 5.10 Å². The van der Waals surface area contributed by atoms with E-state index < -0.39 is 16.2 Å². The summed E-state index contributed by atoms with van der Waals surface area (Å²) in [6.45, 7) is 2.14. The normalized spacial score (nSPS) is 11.1. The topological polar surface area (TPSA) is 142 Å². The quantitative estimate of drug-likeness (QED) is 0.154. The molecule has 0 amide bonds. The Morgan fingerprint density at radius 3 is 2.74 bits per heavy atom. The molecule has 2 heterocycles. The molecule has 0 atom stereocenters. The van der Waals surface area contributed by atoms with Crippen molar-refractivity contribution in [2.75, 3.05) is 6.61 Å². The highest BCUT2D eigenvalue weighted by Gasteiger charge is 2.15. The number of ether oxygens (including phenoxy) is 2. The predicted octanol–water partition coefficient (Wildman–Crippen LogP) is 3.67. The highest BCUT2D eigenvalue weighted by molar-refractivity contribution is 14.1. The lowest BCUT2D eigenvalue weighted by Crippen LogP contribution is -2.32. The number of nitrogens with one attached hydrogen (secondary N) is 1. The monoisotopic (exact) mass is 573 g/mol. The van der Waals surface area contributed by atoms with Gasteiger partial charge < -0.3 is 14.5 Å². The molecule has 4 aromatic rings. The Hall–Kier alpha value is -4.07. The van der Waals surface area contributed by atoms with Gasteiger partial charge in [-0.1, -0.05) is 12.1 Å². The van der Waals surface area contributed by atoms with Gasteiger partial charge in [-0.25, -0.2) is 9.78 Å². The fraction of sp³-hybridized carbons (Fsp3) is 0.0909. The van der Waals surface area contributed by atoms with Crippen LogP contribution in [0.3, 0.4) is 0 Å². The van der Waals surface area contributed by atoms with E-state index in [0.717, 1.165) is 10.9 Å². The standard InChI is InChI=1S/C22H16IN5O6/c1-2-33-18-10-13(9-16(23)20(18)34-19-8-7-14(12-24-19)28(31)32)11-25-27-21(29)15-5-3-4-6-17(15)26-22(27)30/h3-12H,2H2,1H3,(H,26,30). The van der Waals surface area contributed by atoms with E-state index >= 15 is 0 Å². The molecule has 0 saturated heterocycles. The minimum Gasteiger partial charge on any atom is -0.490 e. The zero-order valence-electron chi connectivity index (χ0n) is 17.6. The number of benzene rings is 2. The summed E-state index contributed by atoms with van der Waals surface area (Å²) in [5, 5.41) is 15.2. The Morgan fingerprint density at radius 1 is 1.24 bits per heavy atom. The number of pyridine rings is 1. The van der Waals surface area contributed by atoms with Crippen LogP contribution in [0.5, 0.6) is 17.4 Å². The molecule has 0 fully saturated rings. The minimum atomic E-state index is -0.663. The zero-order chi connectivity index (χ0) is 24.2. The van der Waals surface area contributed by atoms with Crippen LogP contribution >= 0.6 is 22.6 Å². The van der Waals surface area contributed by atoms with Crippen molar-refractivity contribution in [3.8, 4) is 17.4 Å². The van der Waals surface area contributed by atoms with Gasteiger partial charge in [0.1, 0.15) is 6.20 Å². The molecule has 4 rings (SSSR count). The Morgan fingerprint density at radius 2 is 2.03 bits per heavy atom. The van der Waals surface area contributed by atoms with Crippen LogP contribution in [0, 0.1) is 13.7 Å². The van der Waals surface area contributed by atoms with E-state index in [1.807, 2.05) is 22.6 Å². The van der Waals surface area contributed by atoms with Crippen molar-refractivity contribution in [2.45, 2.75) is 6.92 Å². The summed E-state index contributed by atoms with van der Waals surface area (Å²) in [5.41, 5.74) is -0.379. The highest BCUT2D eigenvalue weighted by atomic mass is 127. The molecule has 2 aromatic carbocycles. The molecule has 2 aromatic heterocycles. The smallest absolute Gasteiger partial charge is 0.349 e. The molecule has 0 aliphatic heterocycles. The van der Waals surface area contributed by atoms with Gasteiger partial charge >= 0.3 is 5.69 Å². The number of halogens is 1. The average molecular weight is 573 g/mol. The van der Waals surface area contributed by atoms with E-state index in [0.29, 0.717) is 38.1 Å². The van der Waals surface area contributed by atoms with Crippen LogP contribution in [0.4, 0.5) is 5.69 Å². The van der Waals surface area contributed by atoms with Crippen molar-refractivity contribution in [1.29, 1.82) is 0 Å². The van der Waals surface area contributed by atoms with Crippen LogP contribution in [-0.4, -0.2) is 32.4 Å². The van der Waals surface area contributed by atoms with Gasteiger partial charge in [0.05, 0.1) is 32.2 Å². The van der Waals surface area contributed by atoms with Crippen LogP contribution in [0.25, 0.3) is 10.9 Å². The summed E-state index contributed by atoms with van der Waals surface area (Å²) >= 11 is 2.04. The van der Waals surface area contributed by atoms with Crippen LogP contribution in [-0.2, 0) is 0 Å². The first-order valence-electron chi connectivity index (χ1n) is 9.90. The Kier molecular flexibility index (Phi) is 6.67. The largest absolute Gasteiger partial charge is 0.490 e. The van der Waals surface area contributed by atoms with Crippen molar-refractivity contribution in [2.24, 2.45) is 5.10 Å². The number of para-hydroxylation sites is 1. The van der Waals surface area contributed by atoms with Crippen molar-refractivity contribution in [3.63, 3.8) is 0 Å². The van der Waals surface area contributed by atoms with Crippen LogP contribution < -0.4 is 20.7 Å². The van der Waals surface area contributed by atoms with Crippen LogP contribution in [0.15, 0.2) is 69.4 Å². The lowest BCUT2D eigenvalue weighted by atomic mass is 10.2. The van der Waals surface area contributed by atoms with E-state index in [1.54, 1.807) is 43.3 Å². The molecular formula is C22H16IN5O6. The maximum atomic E-state index is 12.7. The number of nitrogens with zero attached hydrogens (tertiary/aromatic N) is 4. The first-order valence-corrected chi connectivity index (χ1v) is 11.0. The number of fused-ring (bicyclic) bond motifs is 1. The number of H-pyrrole nitrogens is 1. The SMILES string of the molecule is CCOc1cc(C=Nn2c(=O)[nH]c3ccccc3c2=O)cc(I)c1Oc1ccc([N+](=O)[O-])cn1. The van der Waals surface area contributed by atoms with Crippen LogP contribution in [0.2, 0.25) is 0 Å². The van der Waals surface area contributed by atoms with Gasteiger partial charge in [-0.15, -0.1) is 4.68 Å². The second-order valence-electron chi connectivity index (χ2n) is 6.81. The highest BCUT2D eigenvalue weighted by Crippen LogP contribution is 2.37. The molecule has 0 radical (unpaired) electrons. The molecular weight excluding hydrogens is 557 g/mol. The second-order valence-corrected chi connectivity index (χ2v) is 7.98. The lowest BCUT2D eigenvalue weighted by Gasteiger charge is -2.13. The summed E-state index contributed by atoms with van der Waals surface area (Å²) in [6, 6.07) is 12.7. The van der Waals surface area contributed by atoms with Crippen molar-refractivity contribution >= 4 is 45.4 Å². The second kappa shape index (κ2) is 9.82. The van der Waals surface area contributed by atoms with Gasteiger partial charge in [-0.05, 0) is 59.3 Å². The first-order chi connectivity index (χ1) is 16.4. The number of aromatic amines is 1. The average Bonchev–Trinajstić information content (AvgIpc) is 2.81. The third-order valence-electron chi connectivity index (χ3n) is 4.58. The van der Waals surface area contributed by atoms with Gasteiger partial charge in [-0.3, -0.25) is 14.9 Å². The molecule has 0 spiro atoms. The van der Waals surface area contributed by atoms with E-state index in [9.17, 15) is 19.7 Å². The van der Waals surface area contributed by atoms with Crippen LogP contribution in [0.1, 0.15) is 12.5 Å². The Bertz CT molecular complexity index is 1530.